The molecular formula is C12H10Cl2INO2. The number of ether oxygens (including phenoxy) is 1. The minimum absolute atomic E-state index is 0.0612. The topological polar surface area (TPSA) is 45.2 Å². The van der Waals surface area contributed by atoms with Crippen molar-refractivity contribution in [2.75, 3.05) is 0 Å². The predicted octanol–water partition coefficient (Wildman–Crippen LogP) is 3.98. The van der Waals surface area contributed by atoms with Crippen LogP contribution in [0, 0.1) is 3.57 Å². The average molecular weight is 398 g/mol. The molecule has 0 amide bonds. The van der Waals surface area contributed by atoms with Gasteiger partial charge < -0.3 is 14.8 Å². The molecule has 0 saturated heterocycles. The number of aliphatic hydroxyl groups excluding tert-OH is 1. The maximum absolute atomic E-state index is 9.29. The molecule has 0 spiro atoms. The number of H-pyrrole nitrogens is 1. The van der Waals surface area contributed by atoms with E-state index in [1.54, 1.807) is 6.07 Å². The van der Waals surface area contributed by atoms with Crippen LogP contribution in [0.4, 0.5) is 0 Å². The third-order valence-corrected chi connectivity index (χ3v) is 4.77. The van der Waals surface area contributed by atoms with E-state index < -0.39 is 0 Å². The number of hydrogen-bond donors (Lipinski definition) is 2. The summed E-state index contributed by atoms with van der Waals surface area (Å²) in [4.78, 5) is 3.10. The van der Waals surface area contributed by atoms with Gasteiger partial charge in [-0.05, 0) is 22.6 Å². The molecule has 2 aromatic rings. The molecule has 96 valence electrons. The number of fused-ring (bicyclic) bond motifs is 1. The monoisotopic (exact) mass is 397 g/mol. The Morgan fingerprint density at radius 2 is 2.11 bits per heavy atom. The van der Waals surface area contributed by atoms with Gasteiger partial charge in [0.2, 0.25) is 0 Å². The summed E-state index contributed by atoms with van der Waals surface area (Å²) in [5.41, 5.74) is 0.795. The fraction of sp³-hybridized carbons (Fsp3) is 0.333. The van der Waals surface area contributed by atoms with E-state index in [9.17, 15) is 5.11 Å². The quantitative estimate of drug-likeness (QED) is 0.753. The fourth-order valence-corrected chi connectivity index (χ4v) is 3.18. The lowest BCUT2D eigenvalue weighted by Gasteiger charge is -2.32. The van der Waals surface area contributed by atoms with Gasteiger partial charge in [-0.1, -0.05) is 23.2 Å². The molecule has 0 unspecified atom stereocenters. The zero-order chi connectivity index (χ0) is 12.9. The van der Waals surface area contributed by atoms with E-state index in [0.717, 1.165) is 20.2 Å². The lowest BCUT2D eigenvalue weighted by Crippen LogP contribution is -2.37. The van der Waals surface area contributed by atoms with Crippen LogP contribution in [0.1, 0.15) is 12.8 Å². The van der Waals surface area contributed by atoms with Crippen molar-refractivity contribution in [2.24, 2.45) is 0 Å². The van der Waals surface area contributed by atoms with Gasteiger partial charge in [0.15, 0.2) is 0 Å². The third-order valence-electron chi connectivity index (χ3n) is 3.13. The standard InChI is InChI=1S/C12H10Cl2INO2/c13-7-3-9(18-6-1-5(17)2-6)10-8(15)4-16-12(10)11(7)14/h3-6,16-17H,1-2H2. The van der Waals surface area contributed by atoms with Gasteiger partial charge in [-0.25, -0.2) is 0 Å². The number of benzene rings is 1. The number of aliphatic hydroxyl groups is 1. The van der Waals surface area contributed by atoms with Gasteiger partial charge in [-0.3, -0.25) is 0 Å². The Kier molecular flexibility index (Phi) is 3.38. The Balaban J connectivity index is 2.04. The van der Waals surface area contributed by atoms with Crippen molar-refractivity contribution in [3.8, 4) is 5.75 Å². The summed E-state index contributed by atoms with van der Waals surface area (Å²) in [5.74, 6) is 0.724. The van der Waals surface area contributed by atoms with E-state index in [0.29, 0.717) is 22.9 Å². The largest absolute Gasteiger partial charge is 0.489 e. The highest BCUT2D eigenvalue weighted by molar-refractivity contribution is 14.1. The Morgan fingerprint density at radius 3 is 2.78 bits per heavy atom. The molecule has 0 aliphatic heterocycles. The summed E-state index contributed by atoms with van der Waals surface area (Å²) in [5, 5.41) is 11.2. The second-order valence-corrected chi connectivity index (χ2v) is 6.37. The van der Waals surface area contributed by atoms with Crippen LogP contribution in [0.15, 0.2) is 12.3 Å². The molecule has 1 aliphatic rings. The fourth-order valence-electron chi connectivity index (χ4n) is 2.09. The molecule has 2 N–H and O–H groups in total. The van der Waals surface area contributed by atoms with E-state index in [2.05, 4.69) is 27.6 Å². The molecule has 18 heavy (non-hydrogen) atoms. The molecule has 1 aromatic carbocycles. The zero-order valence-electron chi connectivity index (χ0n) is 9.21. The van der Waals surface area contributed by atoms with Crippen molar-refractivity contribution in [1.29, 1.82) is 0 Å². The molecule has 1 fully saturated rings. The second-order valence-electron chi connectivity index (χ2n) is 4.42. The van der Waals surface area contributed by atoms with Crippen LogP contribution in [0.3, 0.4) is 0 Å². The Hall–Kier alpha value is -0.170. The van der Waals surface area contributed by atoms with Crippen molar-refractivity contribution in [3.63, 3.8) is 0 Å². The maximum Gasteiger partial charge on any atom is 0.131 e. The molecule has 0 atom stereocenters. The SMILES string of the molecule is OC1CC(Oc2cc(Cl)c(Cl)c3[nH]cc(I)c23)C1. The average Bonchev–Trinajstić information content (AvgIpc) is 2.66. The first-order valence-corrected chi connectivity index (χ1v) is 7.39. The van der Waals surface area contributed by atoms with Gasteiger partial charge in [0.1, 0.15) is 11.9 Å². The molecule has 0 radical (unpaired) electrons. The summed E-state index contributed by atoms with van der Waals surface area (Å²) >= 11 is 14.5. The van der Waals surface area contributed by atoms with Crippen molar-refractivity contribution in [1.82, 2.24) is 4.98 Å². The van der Waals surface area contributed by atoms with Crippen LogP contribution in [0.5, 0.6) is 5.75 Å². The first kappa shape index (κ1) is 12.8. The Labute approximate surface area is 128 Å². The van der Waals surface area contributed by atoms with Crippen LogP contribution < -0.4 is 4.74 Å². The van der Waals surface area contributed by atoms with E-state index >= 15 is 0 Å². The van der Waals surface area contributed by atoms with Gasteiger partial charge in [0, 0.05) is 28.7 Å². The van der Waals surface area contributed by atoms with Crippen LogP contribution in [0.2, 0.25) is 10.0 Å². The van der Waals surface area contributed by atoms with Crippen LogP contribution in [0.25, 0.3) is 10.9 Å². The Bertz CT molecular complexity index is 608. The van der Waals surface area contributed by atoms with Gasteiger partial charge in [-0.15, -0.1) is 0 Å². The van der Waals surface area contributed by atoms with Crippen molar-refractivity contribution < 1.29 is 9.84 Å². The number of aromatic amines is 1. The van der Waals surface area contributed by atoms with Gasteiger partial charge >= 0.3 is 0 Å². The number of nitrogens with one attached hydrogen (secondary N) is 1. The van der Waals surface area contributed by atoms with Gasteiger partial charge in [-0.2, -0.15) is 0 Å². The molecule has 1 saturated carbocycles. The minimum Gasteiger partial charge on any atom is -0.489 e. The van der Waals surface area contributed by atoms with Crippen LogP contribution >= 0.6 is 45.8 Å². The van der Waals surface area contributed by atoms with Crippen LogP contribution in [-0.2, 0) is 0 Å². The molecule has 0 bridgehead atoms. The highest BCUT2D eigenvalue weighted by Crippen LogP contribution is 2.40. The summed E-state index contributed by atoms with van der Waals surface area (Å²) in [6.45, 7) is 0. The zero-order valence-corrected chi connectivity index (χ0v) is 12.9. The third kappa shape index (κ3) is 2.09. The first-order chi connectivity index (χ1) is 8.56. The maximum atomic E-state index is 9.29. The molecular weight excluding hydrogens is 388 g/mol. The summed E-state index contributed by atoms with van der Waals surface area (Å²) in [6, 6.07) is 1.74. The predicted molar refractivity (Wildman–Crippen MR) is 80.7 cm³/mol. The summed E-state index contributed by atoms with van der Waals surface area (Å²) < 4.78 is 6.92. The molecule has 1 aliphatic carbocycles. The highest BCUT2D eigenvalue weighted by Gasteiger charge is 2.30. The number of halogens is 3. The molecule has 1 aromatic heterocycles. The molecule has 3 nitrogen and oxygen atoms in total. The number of aromatic nitrogens is 1. The van der Waals surface area contributed by atoms with E-state index in [1.807, 2.05) is 6.20 Å². The second kappa shape index (κ2) is 4.74. The van der Waals surface area contributed by atoms with Gasteiger partial charge in [0.05, 0.1) is 27.1 Å². The summed E-state index contributed by atoms with van der Waals surface area (Å²) in [7, 11) is 0. The smallest absolute Gasteiger partial charge is 0.131 e. The van der Waals surface area contributed by atoms with Crippen molar-refractivity contribution in [2.45, 2.75) is 25.0 Å². The van der Waals surface area contributed by atoms with Crippen molar-refractivity contribution in [3.05, 3.63) is 25.9 Å². The van der Waals surface area contributed by atoms with Gasteiger partial charge in [0.25, 0.3) is 0 Å². The van der Waals surface area contributed by atoms with E-state index in [4.69, 9.17) is 27.9 Å². The van der Waals surface area contributed by atoms with Crippen molar-refractivity contribution >= 4 is 56.7 Å². The summed E-state index contributed by atoms with van der Waals surface area (Å²) in [6.07, 6.45) is 3.03. The molecule has 1 heterocycles. The highest BCUT2D eigenvalue weighted by atomic mass is 127. The minimum atomic E-state index is -0.237. The van der Waals surface area contributed by atoms with Crippen LogP contribution in [-0.4, -0.2) is 22.3 Å². The number of rotatable bonds is 2. The molecule has 6 heteroatoms. The first-order valence-electron chi connectivity index (χ1n) is 5.55. The van der Waals surface area contributed by atoms with E-state index in [-0.39, 0.29) is 12.2 Å². The number of hydrogen-bond acceptors (Lipinski definition) is 2. The molecule has 3 rings (SSSR count). The van der Waals surface area contributed by atoms with E-state index in [1.165, 1.54) is 0 Å². The lowest BCUT2D eigenvalue weighted by molar-refractivity contribution is -0.0100. The Morgan fingerprint density at radius 1 is 1.39 bits per heavy atom. The lowest BCUT2D eigenvalue weighted by atomic mass is 9.92. The normalized spacial score (nSPS) is 23.1.